The number of halogens is 1. The fourth-order valence-corrected chi connectivity index (χ4v) is 2.76. The predicted octanol–water partition coefficient (Wildman–Crippen LogP) is 4.98. The van der Waals surface area contributed by atoms with Crippen molar-refractivity contribution in [2.75, 3.05) is 0 Å². The average molecular weight is 373 g/mol. The van der Waals surface area contributed by atoms with Gasteiger partial charge < -0.3 is 9.47 Å². The lowest BCUT2D eigenvalue weighted by atomic mass is 10.1. The zero-order valence-corrected chi connectivity index (χ0v) is 14.5. The standard InChI is InChI=1S/C19H13ClO4S/c20-15-7-9-16(10-8-15)24-18(21)14-5-3-13(4-6-14)12-23-19(22)17-2-1-11-25-17/h1-11H,12H2. The Kier molecular flexibility index (Phi) is 5.48. The van der Waals surface area contributed by atoms with Crippen molar-refractivity contribution < 1.29 is 19.1 Å². The Morgan fingerprint density at radius 3 is 2.28 bits per heavy atom. The number of rotatable bonds is 5. The highest BCUT2D eigenvalue weighted by molar-refractivity contribution is 7.11. The van der Waals surface area contributed by atoms with E-state index >= 15 is 0 Å². The first-order valence-electron chi connectivity index (χ1n) is 7.39. The molecule has 3 aromatic rings. The maximum atomic E-state index is 12.1. The molecular weight excluding hydrogens is 360 g/mol. The number of hydrogen-bond acceptors (Lipinski definition) is 5. The SMILES string of the molecule is O=C(Oc1ccc(Cl)cc1)c1ccc(COC(=O)c2cccs2)cc1. The Bertz CT molecular complexity index is 855. The molecule has 0 atom stereocenters. The van der Waals surface area contributed by atoms with Gasteiger partial charge in [-0.25, -0.2) is 9.59 Å². The van der Waals surface area contributed by atoms with Gasteiger partial charge in [0.1, 0.15) is 17.2 Å². The number of thiophene rings is 1. The molecule has 1 heterocycles. The van der Waals surface area contributed by atoms with E-state index in [1.165, 1.54) is 11.3 Å². The van der Waals surface area contributed by atoms with Gasteiger partial charge in [0.25, 0.3) is 0 Å². The lowest BCUT2D eigenvalue weighted by Crippen LogP contribution is -2.08. The first kappa shape index (κ1) is 17.2. The molecule has 3 rings (SSSR count). The molecule has 0 bridgehead atoms. The third kappa shape index (κ3) is 4.68. The summed E-state index contributed by atoms with van der Waals surface area (Å²) in [5, 5.41) is 2.39. The summed E-state index contributed by atoms with van der Waals surface area (Å²) in [6.07, 6.45) is 0. The van der Waals surface area contributed by atoms with Gasteiger partial charge in [0.15, 0.2) is 0 Å². The summed E-state index contributed by atoms with van der Waals surface area (Å²) < 4.78 is 10.5. The molecule has 1 aromatic heterocycles. The topological polar surface area (TPSA) is 52.6 Å². The Balaban J connectivity index is 1.57. The van der Waals surface area contributed by atoms with Crippen LogP contribution in [0.25, 0.3) is 0 Å². The molecule has 25 heavy (non-hydrogen) atoms. The smallest absolute Gasteiger partial charge is 0.348 e. The van der Waals surface area contributed by atoms with Gasteiger partial charge in [-0.3, -0.25) is 0 Å². The van der Waals surface area contributed by atoms with Crippen LogP contribution in [0.1, 0.15) is 25.6 Å². The van der Waals surface area contributed by atoms with Crippen LogP contribution in [0.3, 0.4) is 0 Å². The zero-order valence-electron chi connectivity index (χ0n) is 13.0. The predicted molar refractivity (Wildman–Crippen MR) is 96.3 cm³/mol. The maximum Gasteiger partial charge on any atom is 0.348 e. The number of carbonyl (C=O) groups excluding carboxylic acids is 2. The highest BCUT2D eigenvalue weighted by atomic mass is 35.5. The minimum Gasteiger partial charge on any atom is -0.457 e. The Hall–Kier alpha value is -2.63. The highest BCUT2D eigenvalue weighted by Gasteiger charge is 2.10. The first-order chi connectivity index (χ1) is 12.1. The molecule has 0 saturated heterocycles. The van der Waals surface area contributed by atoms with Gasteiger partial charge in [0.05, 0.1) is 5.56 Å². The second kappa shape index (κ2) is 7.96. The van der Waals surface area contributed by atoms with E-state index in [0.29, 0.717) is 21.2 Å². The molecule has 0 radical (unpaired) electrons. The fourth-order valence-electron chi connectivity index (χ4n) is 2.02. The van der Waals surface area contributed by atoms with Gasteiger partial charge in [-0.2, -0.15) is 0 Å². The lowest BCUT2D eigenvalue weighted by Gasteiger charge is -2.06. The van der Waals surface area contributed by atoms with Gasteiger partial charge in [0.2, 0.25) is 0 Å². The number of esters is 2. The number of benzene rings is 2. The molecule has 0 spiro atoms. The molecule has 0 amide bonds. The van der Waals surface area contributed by atoms with Crippen molar-refractivity contribution in [3.8, 4) is 5.75 Å². The van der Waals surface area contributed by atoms with Gasteiger partial charge in [-0.15, -0.1) is 11.3 Å². The van der Waals surface area contributed by atoms with E-state index in [1.807, 2.05) is 5.38 Å². The minimum absolute atomic E-state index is 0.142. The molecule has 0 unspecified atom stereocenters. The van der Waals surface area contributed by atoms with E-state index in [2.05, 4.69) is 0 Å². The van der Waals surface area contributed by atoms with Crippen molar-refractivity contribution >= 4 is 34.9 Å². The summed E-state index contributed by atoms with van der Waals surface area (Å²) in [6.45, 7) is 0.142. The van der Waals surface area contributed by atoms with E-state index in [9.17, 15) is 9.59 Å². The first-order valence-corrected chi connectivity index (χ1v) is 8.65. The number of hydrogen-bond donors (Lipinski definition) is 0. The minimum atomic E-state index is -0.468. The largest absolute Gasteiger partial charge is 0.457 e. The van der Waals surface area contributed by atoms with Crippen LogP contribution in [0, 0.1) is 0 Å². The number of carbonyl (C=O) groups is 2. The maximum absolute atomic E-state index is 12.1. The third-order valence-electron chi connectivity index (χ3n) is 3.31. The lowest BCUT2D eigenvalue weighted by molar-refractivity contribution is 0.0478. The van der Waals surface area contributed by atoms with Crippen molar-refractivity contribution in [1.29, 1.82) is 0 Å². The van der Waals surface area contributed by atoms with Gasteiger partial charge >= 0.3 is 11.9 Å². The van der Waals surface area contributed by atoms with Crippen LogP contribution in [0.5, 0.6) is 5.75 Å². The normalized spacial score (nSPS) is 10.3. The second-order valence-corrected chi connectivity index (χ2v) is 6.48. The van der Waals surface area contributed by atoms with Crippen LogP contribution in [0.15, 0.2) is 66.0 Å². The monoisotopic (exact) mass is 372 g/mol. The molecule has 2 aromatic carbocycles. The second-order valence-electron chi connectivity index (χ2n) is 5.09. The zero-order chi connectivity index (χ0) is 17.6. The summed E-state index contributed by atoms with van der Waals surface area (Å²) in [5.74, 6) is -0.408. The van der Waals surface area contributed by atoms with Crippen LogP contribution in [0.2, 0.25) is 5.02 Å². The fraction of sp³-hybridized carbons (Fsp3) is 0.0526. The summed E-state index contributed by atoms with van der Waals surface area (Å²) in [6, 6.07) is 16.8. The molecular formula is C19H13ClO4S. The third-order valence-corrected chi connectivity index (χ3v) is 4.41. The van der Waals surface area contributed by atoms with E-state index < -0.39 is 5.97 Å². The summed E-state index contributed by atoms with van der Waals surface area (Å²) in [7, 11) is 0. The van der Waals surface area contributed by atoms with Gasteiger partial charge in [-0.1, -0.05) is 29.8 Å². The van der Waals surface area contributed by atoms with Crippen LogP contribution in [0.4, 0.5) is 0 Å². The Labute approximate surface area is 153 Å². The van der Waals surface area contributed by atoms with Crippen molar-refractivity contribution in [2.24, 2.45) is 0 Å². The van der Waals surface area contributed by atoms with Gasteiger partial charge in [0, 0.05) is 5.02 Å². The van der Waals surface area contributed by atoms with Gasteiger partial charge in [-0.05, 0) is 53.4 Å². The van der Waals surface area contributed by atoms with E-state index in [0.717, 1.165) is 5.56 Å². The number of ether oxygens (including phenoxy) is 2. The molecule has 0 aliphatic carbocycles. The van der Waals surface area contributed by atoms with Crippen molar-refractivity contribution in [2.45, 2.75) is 6.61 Å². The molecule has 0 aliphatic rings. The average Bonchev–Trinajstić information content (AvgIpc) is 3.17. The molecule has 6 heteroatoms. The summed E-state index contributed by atoms with van der Waals surface area (Å²) >= 11 is 7.12. The van der Waals surface area contributed by atoms with E-state index in [1.54, 1.807) is 60.7 Å². The Morgan fingerprint density at radius 1 is 0.920 bits per heavy atom. The van der Waals surface area contributed by atoms with Crippen molar-refractivity contribution in [1.82, 2.24) is 0 Å². The molecule has 4 nitrogen and oxygen atoms in total. The summed E-state index contributed by atoms with van der Waals surface area (Å²) in [5.41, 5.74) is 1.19. The van der Waals surface area contributed by atoms with Crippen LogP contribution < -0.4 is 4.74 Å². The van der Waals surface area contributed by atoms with E-state index in [-0.39, 0.29) is 12.6 Å². The van der Waals surface area contributed by atoms with Crippen LogP contribution in [-0.2, 0) is 11.3 Å². The van der Waals surface area contributed by atoms with Crippen molar-refractivity contribution in [3.63, 3.8) is 0 Å². The molecule has 0 fully saturated rings. The summed E-state index contributed by atoms with van der Waals surface area (Å²) in [4.78, 5) is 24.4. The molecule has 0 aliphatic heterocycles. The molecule has 126 valence electrons. The molecule has 0 saturated carbocycles. The van der Waals surface area contributed by atoms with Crippen LogP contribution in [-0.4, -0.2) is 11.9 Å². The quantitative estimate of drug-likeness (QED) is 0.468. The highest BCUT2D eigenvalue weighted by Crippen LogP contribution is 2.17. The molecule has 0 N–H and O–H groups in total. The van der Waals surface area contributed by atoms with Crippen LogP contribution >= 0.6 is 22.9 Å². The Morgan fingerprint density at radius 2 is 1.64 bits per heavy atom. The van der Waals surface area contributed by atoms with Crippen molar-refractivity contribution in [3.05, 3.63) is 87.1 Å². The van der Waals surface area contributed by atoms with E-state index in [4.69, 9.17) is 21.1 Å².